The molecule has 4 nitrogen and oxygen atoms in total. The van der Waals surface area contributed by atoms with Gasteiger partial charge in [-0.1, -0.05) is 0 Å². The molecule has 1 aliphatic carbocycles. The lowest BCUT2D eigenvalue weighted by Gasteiger charge is -2.28. The Kier molecular flexibility index (Phi) is 1.65. The first kappa shape index (κ1) is 9.19. The highest BCUT2D eigenvalue weighted by Crippen LogP contribution is 2.52. The molecule has 3 fully saturated rings. The van der Waals surface area contributed by atoms with Gasteiger partial charge in [-0.05, 0) is 25.3 Å². The summed E-state index contributed by atoms with van der Waals surface area (Å²) in [6, 6.07) is 2.97. The van der Waals surface area contributed by atoms with Crippen molar-refractivity contribution in [3.63, 3.8) is 0 Å². The fourth-order valence-electron chi connectivity index (χ4n) is 3.15. The molecule has 3 aliphatic rings. The number of epoxide rings is 1. The van der Waals surface area contributed by atoms with Crippen molar-refractivity contribution in [2.24, 2.45) is 7.05 Å². The van der Waals surface area contributed by atoms with Crippen LogP contribution in [0.4, 0.5) is 0 Å². The van der Waals surface area contributed by atoms with Crippen LogP contribution in [0.2, 0.25) is 0 Å². The van der Waals surface area contributed by atoms with Gasteiger partial charge in [-0.2, -0.15) is 5.10 Å². The first-order chi connectivity index (χ1) is 7.79. The fourth-order valence-corrected chi connectivity index (χ4v) is 3.15. The van der Waals surface area contributed by atoms with E-state index in [1.54, 1.807) is 0 Å². The van der Waals surface area contributed by atoms with Gasteiger partial charge in [0.05, 0.1) is 5.69 Å². The van der Waals surface area contributed by atoms with Gasteiger partial charge in [-0.3, -0.25) is 9.58 Å². The van der Waals surface area contributed by atoms with Gasteiger partial charge in [0.1, 0.15) is 11.7 Å². The van der Waals surface area contributed by atoms with Gasteiger partial charge in [0, 0.05) is 32.4 Å². The van der Waals surface area contributed by atoms with Gasteiger partial charge in [-0.15, -0.1) is 0 Å². The van der Waals surface area contributed by atoms with E-state index in [0.717, 1.165) is 19.0 Å². The summed E-state index contributed by atoms with van der Waals surface area (Å²) in [5.74, 6) is 0. The van der Waals surface area contributed by atoms with Crippen LogP contribution < -0.4 is 0 Å². The molecule has 86 valence electrons. The Hall–Kier alpha value is -0.870. The van der Waals surface area contributed by atoms with Gasteiger partial charge in [0.25, 0.3) is 0 Å². The van der Waals surface area contributed by atoms with Crippen LogP contribution in [-0.2, 0) is 17.4 Å². The third kappa shape index (κ3) is 1.14. The molecule has 2 saturated heterocycles. The summed E-state index contributed by atoms with van der Waals surface area (Å²) < 4.78 is 7.96. The highest BCUT2D eigenvalue weighted by Gasteiger charge is 2.62. The Morgan fingerprint density at radius 2 is 2.38 bits per heavy atom. The van der Waals surface area contributed by atoms with Crippen LogP contribution in [-0.4, -0.2) is 39.9 Å². The number of piperidine rings is 1. The minimum Gasteiger partial charge on any atom is -0.358 e. The monoisotopic (exact) mass is 219 g/mol. The summed E-state index contributed by atoms with van der Waals surface area (Å²) in [4.78, 5) is 2.60. The third-order valence-electron chi connectivity index (χ3n) is 4.30. The summed E-state index contributed by atoms with van der Waals surface area (Å²) in [7, 11) is 2.01. The lowest BCUT2D eigenvalue weighted by Crippen LogP contribution is -2.40. The minimum atomic E-state index is 0.0106. The van der Waals surface area contributed by atoms with Gasteiger partial charge in [0.2, 0.25) is 0 Å². The van der Waals surface area contributed by atoms with Crippen LogP contribution in [0.3, 0.4) is 0 Å². The SMILES string of the molecule is Cn1nccc1[C@@]12CCN(C3CC3)C[C@H]1O2. The minimum absolute atomic E-state index is 0.0106. The van der Waals surface area contributed by atoms with E-state index < -0.39 is 0 Å². The summed E-state index contributed by atoms with van der Waals surface area (Å²) in [5, 5.41) is 4.25. The van der Waals surface area contributed by atoms with Crippen molar-refractivity contribution in [1.29, 1.82) is 0 Å². The van der Waals surface area contributed by atoms with E-state index in [1.807, 2.05) is 17.9 Å². The average Bonchev–Trinajstić information content (AvgIpc) is 3.17. The van der Waals surface area contributed by atoms with Gasteiger partial charge in [-0.25, -0.2) is 0 Å². The van der Waals surface area contributed by atoms with Crippen LogP contribution in [0.5, 0.6) is 0 Å². The summed E-state index contributed by atoms with van der Waals surface area (Å²) >= 11 is 0. The summed E-state index contributed by atoms with van der Waals surface area (Å²) in [6.45, 7) is 2.31. The van der Waals surface area contributed by atoms with E-state index in [2.05, 4.69) is 16.1 Å². The summed E-state index contributed by atoms with van der Waals surface area (Å²) in [5.41, 5.74) is 1.27. The van der Waals surface area contributed by atoms with Crippen LogP contribution in [0.1, 0.15) is 25.0 Å². The third-order valence-corrected chi connectivity index (χ3v) is 4.30. The lowest BCUT2D eigenvalue weighted by atomic mass is 9.93. The number of hydrogen-bond donors (Lipinski definition) is 0. The van der Waals surface area contributed by atoms with Crippen LogP contribution in [0, 0.1) is 0 Å². The molecule has 16 heavy (non-hydrogen) atoms. The van der Waals surface area contributed by atoms with Gasteiger partial charge >= 0.3 is 0 Å². The molecule has 2 aliphatic heterocycles. The Labute approximate surface area is 95.2 Å². The van der Waals surface area contributed by atoms with Crippen molar-refractivity contribution < 1.29 is 4.74 Å². The van der Waals surface area contributed by atoms with E-state index in [9.17, 15) is 0 Å². The molecule has 0 spiro atoms. The predicted molar refractivity (Wildman–Crippen MR) is 59.0 cm³/mol. The average molecular weight is 219 g/mol. The number of fused-ring (bicyclic) bond motifs is 1. The molecule has 0 radical (unpaired) electrons. The quantitative estimate of drug-likeness (QED) is 0.692. The van der Waals surface area contributed by atoms with E-state index in [4.69, 9.17) is 4.74 Å². The zero-order valence-electron chi connectivity index (χ0n) is 9.59. The summed E-state index contributed by atoms with van der Waals surface area (Å²) in [6.07, 6.45) is 6.21. The predicted octanol–water partition coefficient (Wildman–Crippen LogP) is 0.882. The number of hydrogen-bond acceptors (Lipinski definition) is 3. The number of aryl methyl sites for hydroxylation is 1. The molecular formula is C12H17N3O. The maximum atomic E-state index is 6.00. The normalized spacial score (nSPS) is 38.4. The van der Waals surface area contributed by atoms with Crippen LogP contribution in [0.15, 0.2) is 12.3 Å². The molecule has 1 saturated carbocycles. The van der Waals surface area contributed by atoms with E-state index in [0.29, 0.717) is 6.10 Å². The molecule has 0 bridgehead atoms. The van der Waals surface area contributed by atoms with Crippen LogP contribution >= 0.6 is 0 Å². The van der Waals surface area contributed by atoms with Crippen molar-refractivity contribution in [1.82, 2.24) is 14.7 Å². The Morgan fingerprint density at radius 1 is 1.50 bits per heavy atom. The van der Waals surface area contributed by atoms with Gasteiger partial charge < -0.3 is 4.74 Å². The zero-order chi connectivity index (χ0) is 10.8. The van der Waals surface area contributed by atoms with Crippen LogP contribution in [0.25, 0.3) is 0 Å². The topological polar surface area (TPSA) is 33.6 Å². The molecule has 0 unspecified atom stereocenters. The Morgan fingerprint density at radius 3 is 3.00 bits per heavy atom. The van der Waals surface area contributed by atoms with Crippen molar-refractivity contribution in [2.45, 2.75) is 37.0 Å². The maximum absolute atomic E-state index is 6.00. The highest BCUT2D eigenvalue weighted by molar-refractivity contribution is 5.24. The largest absolute Gasteiger partial charge is 0.358 e. The standard InChI is InChI=1S/C12H17N3O/c1-14-10(4-6-13-14)12-5-7-15(9-2-3-9)8-11(12)16-12/h4,6,9,11H,2-3,5,7-8H2,1H3/t11-,12+/m1/s1. The smallest absolute Gasteiger partial charge is 0.139 e. The molecule has 0 N–H and O–H groups in total. The maximum Gasteiger partial charge on any atom is 0.139 e. The number of nitrogens with zero attached hydrogens (tertiary/aromatic N) is 3. The second kappa shape index (κ2) is 2.87. The van der Waals surface area contributed by atoms with E-state index in [-0.39, 0.29) is 5.60 Å². The number of ether oxygens (including phenoxy) is 1. The van der Waals surface area contributed by atoms with Crippen molar-refractivity contribution in [3.8, 4) is 0 Å². The van der Waals surface area contributed by atoms with Crippen molar-refractivity contribution >= 4 is 0 Å². The Bertz CT molecular complexity index is 426. The molecule has 0 amide bonds. The molecule has 1 aromatic rings. The molecule has 4 rings (SSSR count). The molecule has 2 atom stereocenters. The van der Waals surface area contributed by atoms with E-state index >= 15 is 0 Å². The molecular weight excluding hydrogens is 202 g/mol. The lowest BCUT2D eigenvalue weighted by molar-refractivity contribution is 0.212. The molecule has 1 aromatic heterocycles. The van der Waals surface area contributed by atoms with Crippen molar-refractivity contribution in [2.75, 3.05) is 13.1 Å². The highest BCUT2D eigenvalue weighted by atomic mass is 16.6. The first-order valence-electron chi connectivity index (χ1n) is 6.20. The fraction of sp³-hybridized carbons (Fsp3) is 0.750. The second-order valence-electron chi connectivity index (χ2n) is 5.31. The molecule has 3 heterocycles. The molecule has 0 aromatic carbocycles. The van der Waals surface area contributed by atoms with Crippen molar-refractivity contribution in [3.05, 3.63) is 18.0 Å². The van der Waals surface area contributed by atoms with Gasteiger partial charge in [0.15, 0.2) is 0 Å². The number of aromatic nitrogens is 2. The number of rotatable bonds is 2. The molecule has 4 heteroatoms. The second-order valence-corrected chi connectivity index (χ2v) is 5.31. The Balaban J connectivity index is 1.57. The van der Waals surface area contributed by atoms with E-state index in [1.165, 1.54) is 25.1 Å². The first-order valence-corrected chi connectivity index (χ1v) is 6.20. The number of likely N-dealkylation sites (tertiary alicyclic amines) is 1. The zero-order valence-corrected chi connectivity index (χ0v) is 9.59.